The summed E-state index contributed by atoms with van der Waals surface area (Å²) in [6, 6.07) is 0.236. The molecule has 0 spiro atoms. The molecule has 0 aliphatic carbocycles. The van der Waals surface area contributed by atoms with E-state index in [1.807, 2.05) is 0 Å². The van der Waals surface area contributed by atoms with Crippen LogP contribution in [-0.2, 0) is 4.74 Å². The van der Waals surface area contributed by atoms with Gasteiger partial charge in [-0.3, -0.25) is 4.90 Å². The fraction of sp³-hybridized carbons (Fsp3) is 1.00. The summed E-state index contributed by atoms with van der Waals surface area (Å²) in [7, 11) is 1.72. The lowest BCUT2D eigenvalue weighted by atomic mass is 10.3. The number of aliphatic hydroxyl groups excluding tert-OH is 1. The molecule has 1 fully saturated rings. The number of nitrogens with zero attached hydrogens (tertiary/aromatic N) is 1. The third-order valence-electron chi connectivity index (χ3n) is 2.39. The van der Waals surface area contributed by atoms with Gasteiger partial charge in [0.05, 0.1) is 13.2 Å². The molecule has 1 unspecified atom stereocenters. The van der Waals surface area contributed by atoms with E-state index in [0.29, 0.717) is 0 Å². The number of methoxy groups -OCH3 is 1. The van der Waals surface area contributed by atoms with Crippen molar-refractivity contribution < 1.29 is 9.84 Å². The maximum atomic E-state index is 9.04. The van der Waals surface area contributed by atoms with Crippen LogP contribution in [0.3, 0.4) is 0 Å². The van der Waals surface area contributed by atoms with Crippen molar-refractivity contribution in [1.29, 1.82) is 0 Å². The summed E-state index contributed by atoms with van der Waals surface area (Å²) in [5.74, 6) is 0. The molecule has 0 amide bonds. The zero-order valence-corrected chi connectivity index (χ0v) is 8.33. The van der Waals surface area contributed by atoms with Gasteiger partial charge >= 0.3 is 0 Å². The van der Waals surface area contributed by atoms with Crippen molar-refractivity contribution in [1.82, 2.24) is 10.2 Å². The first-order valence-corrected chi connectivity index (χ1v) is 4.92. The molecule has 0 bridgehead atoms. The first-order chi connectivity index (χ1) is 6.36. The van der Waals surface area contributed by atoms with Crippen LogP contribution in [0.1, 0.15) is 6.42 Å². The quantitative estimate of drug-likeness (QED) is 0.612. The Labute approximate surface area is 79.9 Å². The second-order valence-corrected chi connectivity index (χ2v) is 3.48. The second kappa shape index (κ2) is 6.32. The molecule has 0 aromatic carbocycles. The second-order valence-electron chi connectivity index (χ2n) is 3.48. The molecule has 1 aliphatic rings. The van der Waals surface area contributed by atoms with Gasteiger partial charge in [-0.05, 0) is 19.5 Å². The predicted octanol–water partition coefficient (Wildman–Crippen LogP) is -0.711. The zero-order chi connectivity index (χ0) is 9.52. The fourth-order valence-corrected chi connectivity index (χ4v) is 1.62. The zero-order valence-electron chi connectivity index (χ0n) is 8.33. The molecule has 0 aromatic rings. The Morgan fingerprint density at radius 2 is 2.46 bits per heavy atom. The minimum absolute atomic E-state index is 0.226. The molecule has 4 nitrogen and oxygen atoms in total. The van der Waals surface area contributed by atoms with E-state index in [1.165, 1.54) is 0 Å². The van der Waals surface area contributed by atoms with Gasteiger partial charge in [-0.1, -0.05) is 0 Å². The maximum Gasteiger partial charge on any atom is 0.0597 e. The maximum absolute atomic E-state index is 9.04. The van der Waals surface area contributed by atoms with Crippen molar-refractivity contribution in [3.8, 4) is 0 Å². The van der Waals surface area contributed by atoms with E-state index in [1.54, 1.807) is 7.11 Å². The van der Waals surface area contributed by atoms with Crippen LogP contribution in [0.2, 0.25) is 0 Å². The predicted molar refractivity (Wildman–Crippen MR) is 51.8 cm³/mol. The molecule has 2 N–H and O–H groups in total. The van der Waals surface area contributed by atoms with E-state index in [2.05, 4.69) is 10.2 Å². The minimum Gasteiger partial charge on any atom is -0.395 e. The number of rotatable bonds is 4. The van der Waals surface area contributed by atoms with Crippen LogP contribution < -0.4 is 5.32 Å². The SMILES string of the molecule is COCCN1CCCNC(CO)C1. The topological polar surface area (TPSA) is 44.7 Å². The number of aliphatic hydroxyl groups is 1. The lowest BCUT2D eigenvalue weighted by molar-refractivity contribution is 0.137. The third kappa shape index (κ3) is 4.04. The Kier molecular flexibility index (Phi) is 5.31. The highest BCUT2D eigenvalue weighted by atomic mass is 16.5. The molecule has 13 heavy (non-hydrogen) atoms. The van der Waals surface area contributed by atoms with E-state index in [4.69, 9.17) is 9.84 Å². The normalized spacial score (nSPS) is 25.8. The molecule has 4 heteroatoms. The first kappa shape index (κ1) is 10.9. The minimum atomic E-state index is 0.226. The average Bonchev–Trinajstić information content (AvgIpc) is 2.39. The summed E-state index contributed by atoms with van der Waals surface area (Å²) in [5.41, 5.74) is 0. The molecule has 0 radical (unpaired) electrons. The Hall–Kier alpha value is -0.160. The Balaban J connectivity index is 2.26. The summed E-state index contributed by atoms with van der Waals surface area (Å²) in [5, 5.41) is 12.3. The van der Waals surface area contributed by atoms with Crippen LogP contribution in [0.4, 0.5) is 0 Å². The highest BCUT2D eigenvalue weighted by Gasteiger charge is 2.15. The molecule has 0 aromatic heterocycles. The van der Waals surface area contributed by atoms with Gasteiger partial charge in [0.1, 0.15) is 0 Å². The lowest BCUT2D eigenvalue weighted by Gasteiger charge is -2.22. The van der Waals surface area contributed by atoms with Crippen molar-refractivity contribution in [3.63, 3.8) is 0 Å². The highest BCUT2D eigenvalue weighted by molar-refractivity contribution is 4.75. The molecule has 1 aliphatic heterocycles. The molecule has 1 atom stereocenters. The van der Waals surface area contributed by atoms with Gasteiger partial charge in [0.15, 0.2) is 0 Å². The number of ether oxygens (including phenoxy) is 1. The van der Waals surface area contributed by atoms with Gasteiger partial charge in [0.25, 0.3) is 0 Å². The summed E-state index contributed by atoms with van der Waals surface area (Å²) in [6.45, 7) is 5.01. The van der Waals surface area contributed by atoms with Crippen LogP contribution in [0.5, 0.6) is 0 Å². The van der Waals surface area contributed by atoms with Crippen molar-refractivity contribution in [2.75, 3.05) is 46.5 Å². The van der Waals surface area contributed by atoms with Crippen molar-refractivity contribution in [2.45, 2.75) is 12.5 Å². The Morgan fingerprint density at radius 1 is 1.62 bits per heavy atom. The Morgan fingerprint density at radius 3 is 3.15 bits per heavy atom. The molecule has 1 heterocycles. The van der Waals surface area contributed by atoms with Crippen LogP contribution in [0, 0.1) is 0 Å². The summed E-state index contributed by atoms with van der Waals surface area (Å²) in [6.07, 6.45) is 1.15. The summed E-state index contributed by atoms with van der Waals surface area (Å²) in [4.78, 5) is 2.34. The van der Waals surface area contributed by atoms with E-state index in [0.717, 1.165) is 39.2 Å². The summed E-state index contributed by atoms with van der Waals surface area (Å²) >= 11 is 0. The molecule has 1 saturated heterocycles. The largest absolute Gasteiger partial charge is 0.395 e. The van der Waals surface area contributed by atoms with E-state index < -0.39 is 0 Å². The number of hydrogen-bond donors (Lipinski definition) is 2. The van der Waals surface area contributed by atoms with E-state index in [-0.39, 0.29) is 12.6 Å². The summed E-state index contributed by atoms with van der Waals surface area (Å²) < 4.78 is 5.03. The molecule has 0 saturated carbocycles. The average molecular weight is 188 g/mol. The smallest absolute Gasteiger partial charge is 0.0597 e. The molecule has 78 valence electrons. The van der Waals surface area contributed by atoms with Crippen LogP contribution in [0.25, 0.3) is 0 Å². The van der Waals surface area contributed by atoms with Gasteiger partial charge < -0.3 is 15.2 Å². The lowest BCUT2D eigenvalue weighted by Crippen LogP contribution is -2.41. The molecular formula is C9H20N2O2. The van der Waals surface area contributed by atoms with Gasteiger partial charge in [0, 0.05) is 26.2 Å². The highest BCUT2D eigenvalue weighted by Crippen LogP contribution is 1.99. The van der Waals surface area contributed by atoms with E-state index >= 15 is 0 Å². The van der Waals surface area contributed by atoms with Crippen molar-refractivity contribution in [2.24, 2.45) is 0 Å². The number of hydrogen-bond acceptors (Lipinski definition) is 4. The molecule has 1 rings (SSSR count). The van der Waals surface area contributed by atoms with Crippen LogP contribution in [-0.4, -0.2) is 62.6 Å². The van der Waals surface area contributed by atoms with Crippen molar-refractivity contribution >= 4 is 0 Å². The first-order valence-electron chi connectivity index (χ1n) is 4.92. The van der Waals surface area contributed by atoms with E-state index in [9.17, 15) is 0 Å². The fourth-order valence-electron chi connectivity index (χ4n) is 1.62. The Bertz CT molecular complexity index is 133. The third-order valence-corrected chi connectivity index (χ3v) is 2.39. The van der Waals surface area contributed by atoms with Gasteiger partial charge in [-0.15, -0.1) is 0 Å². The number of nitrogens with one attached hydrogen (secondary N) is 1. The monoisotopic (exact) mass is 188 g/mol. The molecular weight excluding hydrogens is 168 g/mol. The van der Waals surface area contributed by atoms with Gasteiger partial charge in [-0.2, -0.15) is 0 Å². The van der Waals surface area contributed by atoms with Gasteiger partial charge in [-0.25, -0.2) is 0 Å². The van der Waals surface area contributed by atoms with Crippen LogP contribution >= 0.6 is 0 Å². The standard InChI is InChI=1S/C9H20N2O2/c1-13-6-5-11-4-2-3-10-9(7-11)8-12/h9-10,12H,2-8H2,1H3. The van der Waals surface area contributed by atoms with Crippen molar-refractivity contribution in [3.05, 3.63) is 0 Å². The van der Waals surface area contributed by atoms with Gasteiger partial charge in [0.2, 0.25) is 0 Å². The van der Waals surface area contributed by atoms with Crippen LogP contribution in [0.15, 0.2) is 0 Å².